The Hall–Kier alpha value is -3.37. The van der Waals surface area contributed by atoms with Gasteiger partial charge in [0.05, 0.1) is 0 Å². The van der Waals surface area contributed by atoms with Crippen molar-refractivity contribution >= 4 is 5.78 Å². The fourth-order valence-corrected chi connectivity index (χ4v) is 2.47. The fourth-order valence-electron chi connectivity index (χ4n) is 2.47. The maximum atomic E-state index is 13.9. The molecule has 3 rings (SSSR count). The van der Waals surface area contributed by atoms with E-state index in [0.717, 1.165) is 6.92 Å². The third kappa shape index (κ3) is 3.00. The minimum absolute atomic E-state index is 0.0520. The van der Waals surface area contributed by atoms with Crippen LogP contribution in [-0.4, -0.2) is 20.5 Å². The minimum atomic E-state index is -1.88. The molecular formula is C16H7F6N3O2. The Kier molecular flexibility index (Phi) is 4.38. The Bertz CT molecular complexity index is 1110. The topological polar surface area (TPSA) is 67.8 Å². The van der Waals surface area contributed by atoms with Crippen molar-refractivity contribution in [1.29, 1.82) is 0 Å². The van der Waals surface area contributed by atoms with Crippen LogP contribution in [-0.2, 0) is 0 Å². The zero-order valence-electron chi connectivity index (χ0n) is 13.2. The number of ketones is 1. The van der Waals surface area contributed by atoms with Crippen LogP contribution in [0.1, 0.15) is 21.6 Å². The van der Waals surface area contributed by atoms with Crippen LogP contribution in [0, 0.1) is 42.1 Å². The highest BCUT2D eigenvalue weighted by atomic mass is 19.2. The molecule has 2 aromatic heterocycles. The summed E-state index contributed by atoms with van der Waals surface area (Å²) >= 11 is 0. The maximum absolute atomic E-state index is 13.9. The first-order valence-corrected chi connectivity index (χ1v) is 7.14. The second-order valence-corrected chi connectivity index (χ2v) is 5.40. The summed E-state index contributed by atoms with van der Waals surface area (Å²) < 4.78 is 81.1. The minimum Gasteiger partial charge on any atom is -0.294 e. The van der Waals surface area contributed by atoms with Crippen molar-refractivity contribution in [2.75, 3.05) is 0 Å². The van der Waals surface area contributed by atoms with Crippen LogP contribution in [0.4, 0.5) is 26.3 Å². The zero-order valence-corrected chi connectivity index (χ0v) is 13.2. The molecule has 0 radical (unpaired) electrons. The Morgan fingerprint density at radius 3 is 2.00 bits per heavy atom. The van der Waals surface area contributed by atoms with Gasteiger partial charge in [0.2, 0.25) is 17.7 Å². The van der Waals surface area contributed by atoms with E-state index in [4.69, 9.17) is 0 Å². The van der Waals surface area contributed by atoms with Gasteiger partial charge in [-0.2, -0.15) is 13.8 Å². The summed E-state index contributed by atoms with van der Waals surface area (Å²) in [5, 5.41) is 2.11. The number of halogens is 6. The number of rotatable bonds is 3. The van der Waals surface area contributed by atoms with Crippen LogP contribution < -0.4 is 5.56 Å². The van der Waals surface area contributed by atoms with Gasteiger partial charge in [0.1, 0.15) is 11.3 Å². The van der Waals surface area contributed by atoms with Crippen molar-refractivity contribution in [3.05, 3.63) is 80.5 Å². The molecule has 0 bridgehead atoms. The quantitative estimate of drug-likeness (QED) is 0.325. The Balaban J connectivity index is 2.23. The standard InChI is InChI=1S/C16H7F6N3O2/c1-5-11(15(26)6-2-9(19)23-10(20)3-6)16(27)25(24-5)14-12(21)7(17)4-8(18)13(14)22/h2-4,24H,1H3. The van der Waals surface area contributed by atoms with Crippen molar-refractivity contribution in [2.24, 2.45) is 0 Å². The number of aromatic nitrogens is 3. The molecule has 0 aliphatic rings. The Morgan fingerprint density at radius 2 is 1.48 bits per heavy atom. The van der Waals surface area contributed by atoms with Gasteiger partial charge in [-0.1, -0.05) is 0 Å². The van der Waals surface area contributed by atoms with Gasteiger partial charge in [0.25, 0.3) is 5.56 Å². The van der Waals surface area contributed by atoms with Gasteiger partial charge >= 0.3 is 0 Å². The highest BCUT2D eigenvalue weighted by Gasteiger charge is 2.27. The molecule has 27 heavy (non-hydrogen) atoms. The molecule has 0 unspecified atom stereocenters. The number of H-pyrrole nitrogens is 1. The van der Waals surface area contributed by atoms with Crippen LogP contribution in [0.5, 0.6) is 0 Å². The van der Waals surface area contributed by atoms with E-state index >= 15 is 0 Å². The number of pyridine rings is 1. The summed E-state index contributed by atoms with van der Waals surface area (Å²) in [7, 11) is 0. The van der Waals surface area contributed by atoms with Crippen molar-refractivity contribution in [3.63, 3.8) is 0 Å². The van der Waals surface area contributed by atoms with Crippen molar-refractivity contribution in [2.45, 2.75) is 6.92 Å². The number of hydrogen-bond donors (Lipinski definition) is 1. The second-order valence-electron chi connectivity index (χ2n) is 5.40. The lowest BCUT2D eigenvalue weighted by molar-refractivity contribution is 0.103. The average Bonchev–Trinajstić information content (AvgIpc) is 2.86. The molecule has 0 saturated carbocycles. The number of benzene rings is 1. The van der Waals surface area contributed by atoms with Crippen molar-refractivity contribution in [1.82, 2.24) is 14.8 Å². The number of aryl methyl sites for hydroxylation is 1. The van der Waals surface area contributed by atoms with Gasteiger partial charge in [0.15, 0.2) is 23.3 Å². The van der Waals surface area contributed by atoms with Gasteiger partial charge in [-0.15, -0.1) is 0 Å². The molecule has 0 aliphatic heterocycles. The molecule has 3 aromatic rings. The van der Waals surface area contributed by atoms with Crippen LogP contribution in [0.15, 0.2) is 23.0 Å². The van der Waals surface area contributed by atoms with Crippen LogP contribution in [0.3, 0.4) is 0 Å². The molecular weight excluding hydrogens is 380 g/mol. The molecule has 1 N–H and O–H groups in total. The number of nitrogens with zero attached hydrogens (tertiary/aromatic N) is 2. The Labute approximate surface area is 145 Å². The van der Waals surface area contributed by atoms with Gasteiger partial charge in [-0.05, 0) is 6.92 Å². The third-order valence-corrected chi connectivity index (χ3v) is 3.64. The summed E-state index contributed by atoms with van der Waals surface area (Å²) in [6, 6.07) is 1.04. The molecule has 0 fully saturated rings. The highest BCUT2D eigenvalue weighted by Crippen LogP contribution is 2.22. The maximum Gasteiger partial charge on any atom is 0.282 e. The molecule has 0 amide bonds. The number of hydrogen-bond acceptors (Lipinski definition) is 3. The number of carbonyl (C=O) groups is 1. The summed E-state index contributed by atoms with van der Waals surface area (Å²) in [5.74, 6) is -11.2. The van der Waals surface area contributed by atoms with Crippen LogP contribution in [0.2, 0.25) is 0 Å². The molecule has 140 valence electrons. The predicted octanol–water partition coefficient (Wildman–Crippen LogP) is 2.93. The van der Waals surface area contributed by atoms with E-state index in [2.05, 4.69) is 10.1 Å². The molecule has 0 saturated heterocycles. The fraction of sp³-hybridized carbons (Fsp3) is 0.0625. The van der Waals surface area contributed by atoms with E-state index in [-0.39, 0.29) is 16.4 Å². The first-order valence-electron chi connectivity index (χ1n) is 7.14. The predicted molar refractivity (Wildman–Crippen MR) is 78.5 cm³/mol. The molecule has 0 spiro atoms. The van der Waals surface area contributed by atoms with E-state index in [1.54, 1.807) is 0 Å². The molecule has 1 aromatic carbocycles. The smallest absolute Gasteiger partial charge is 0.282 e. The van der Waals surface area contributed by atoms with Gasteiger partial charge in [-0.25, -0.2) is 22.2 Å². The van der Waals surface area contributed by atoms with Gasteiger partial charge < -0.3 is 0 Å². The lowest BCUT2D eigenvalue weighted by Gasteiger charge is -2.06. The van der Waals surface area contributed by atoms with E-state index in [0.29, 0.717) is 12.1 Å². The Morgan fingerprint density at radius 1 is 0.963 bits per heavy atom. The average molecular weight is 387 g/mol. The third-order valence-electron chi connectivity index (χ3n) is 3.64. The van der Waals surface area contributed by atoms with E-state index in [9.17, 15) is 35.9 Å². The normalized spacial score (nSPS) is 11.1. The van der Waals surface area contributed by atoms with E-state index < -0.39 is 63.3 Å². The van der Waals surface area contributed by atoms with Gasteiger partial charge in [-0.3, -0.25) is 14.7 Å². The van der Waals surface area contributed by atoms with Crippen molar-refractivity contribution < 1.29 is 31.1 Å². The first-order chi connectivity index (χ1) is 12.6. The lowest BCUT2D eigenvalue weighted by Crippen LogP contribution is -2.23. The molecule has 11 heteroatoms. The van der Waals surface area contributed by atoms with Crippen LogP contribution in [0.25, 0.3) is 5.69 Å². The largest absolute Gasteiger partial charge is 0.294 e. The van der Waals surface area contributed by atoms with Crippen molar-refractivity contribution in [3.8, 4) is 5.69 Å². The molecule has 5 nitrogen and oxygen atoms in total. The van der Waals surface area contributed by atoms with E-state index in [1.165, 1.54) is 0 Å². The van der Waals surface area contributed by atoms with Crippen LogP contribution >= 0.6 is 0 Å². The van der Waals surface area contributed by atoms with E-state index in [1.807, 2.05) is 0 Å². The summed E-state index contributed by atoms with van der Waals surface area (Å²) in [4.78, 5) is 27.6. The summed E-state index contributed by atoms with van der Waals surface area (Å²) in [6.07, 6.45) is 0. The number of aromatic amines is 1. The summed E-state index contributed by atoms with van der Waals surface area (Å²) in [6.45, 7) is 1.14. The number of carbonyl (C=O) groups excluding carboxylic acids is 1. The SMILES string of the molecule is Cc1[nH]n(-c2c(F)c(F)cc(F)c2F)c(=O)c1C(=O)c1cc(F)nc(F)c1. The first kappa shape index (κ1) is 18.4. The molecule has 2 heterocycles. The highest BCUT2D eigenvalue weighted by molar-refractivity contribution is 6.09. The lowest BCUT2D eigenvalue weighted by atomic mass is 10.1. The zero-order chi connectivity index (χ0) is 20.0. The van der Waals surface area contributed by atoms with Gasteiger partial charge in [0, 0.05) is 29.5 Å². The monoisotopic (exact) mass is 387 g/mol. The molecule has 0 atom stereocenters. The second kappa shape index (κ2) is 6.41. The summed E-state index contributed by atoms with van der Waals surface area (Å²) in [5.41, 5.74) is -4.38. The molecule has 0 aliphatic carbocycles. The number of nitrogens with one attached hydrogen (secondary N) is 1.